The van der Waals surface area contributed by atoms with Gasteiger partial charge in [-0.3, -0.25) is 14.4 Å². The molecule has 0 saturated carbocycles. The fourth-order valence-electron chi connectivity index (χ4n) is 6.93. The number of hydrogen-bond acceptors (Lipinski definition) is 6. The van der Waals surface area contributed by atoms with E-state index in [0.717, 1.165) is 64.2 Å². The first-order chi connectivity index (χ1) is 32.0. The fourth-order valence-corrected chi connectivity index (χ4v) is 6.93. The van der Waals surface area contributed by atoms with Crippen molar-refractivity contribution in [3.8, 4) is 0 Å². The van der Waals surface area contributed by atoms with Gasteiger partial charge in [0.05, 0.1) is 0 Å². The maximum Gasteiger partial charge on any atom is 0.306 e. The lowest BCUT2D eigenvalue weighted by Gasteiger charge is -2.18. The molecule has 0 aromatic rings. The minimum atomic E-state index is -0.823. The zero-order chi connectivity index (χ0) is 47.2. The molecule has 0 bridgehead atoms. The summed E-state index contributed by atoms with van der Waals surface area (Å²) < 4.78 is 16.7. The number of carbonyl (C=O) groups excluding carboxylic acids is 3. The normalized spacial score (nSPS) is 13.0. The molecule has 0 aromatic heterocycles. The van der Waals surface area contributed by atoms with Gasteiger partial charge < -0.3 is 14.2 Å². The third-order valence-electron chi connectivity index (χ3n) is 10.9. The third-order valence-corrected chi connectivity index (χ3v) is 10.9. The molecule has 0 saturated heterocycles. The van der Waals surface area contributed by atoms with E-state index in [4.69, 9.17) is 14.2 Å². The summed E-state index contributed by atoms with van der Waals surface area (Å²) >= 11 is 0. The SMILES string of the molecule is CC\C=C/C=C\C=C/C=C\C=C\C=C/CCCCCC(=O)OCC(COC(=O)CC/C=C\C/C=C\CCCCCCCC)OC(=O)CCCCCCCCC/C=C\CCCCCCCC. The Morgan fingerprint density at radius 3 is 1.18 bits per heavy atom. The van der Waals surface area contributed by atoms with Crippen molar-refractivity contribution in [3.05, 3.63) is 109 Å². The highest BCUT2D eigenvalue weighted by Crippen LogP contribution is 2.13. The first kappa shape index (κ1) is 61.1. The van der Waals surface area contributed by atoms with Gasteiger partial charge in [-0.05, 0) is 83.5 Å². The van der Waals surface area contributed by atoms with E-state index in [1.165, 1.54) is 116 Å². The first-order valence-electron chi connectivity index (χ1n) is 26.5. The average molecular weight is 901 g/mol. The van der Waals surface area contributed by atoms with Crippen molar-refractivity contribution >= 4 is 17.9 Å². The molecule has 1 unspecified atom stereocenters. The lowest BCUT2D eigenvalue weighted by atomic mass is 10.1. The van der Waals surface area contributed by atoms with Gasteiger partial charge in [0.2, 0.25) is 0 Å². The maximum absolute atomic E-state index is 12.8. The Balaban J connectivity index is 4.55. The van der Waals surface area contributed by atoms with E-state index < -0.39 is 6.10 Å². The molecular formula is C59H96O6. The van der Waals surface area contributed by atoms with Crippen molar-refractivity contribution in [3.63, 3.8) is 0 Å². The van der Waals surface area contributed by atoms with Gasteiger partial charge in [0.25, 0.3) is 0 Å². The van der Waals surface area contributed by atoms with Crippen LogP contribution in [0.4, 0.5) is 0 Å². The van der Waals surface area contributed by atoms with Crippen LogP contribution in [0.25, 0.3) is 0 Å². The van der Waals surface area contributed by atoms with E-state index in [9.17, 15) is 14.4 Å². The van der Waals surface area contributed by atoms with Crippen LogP contribution in [0.15, 0.2) is 109 Å². The van der Waals surface area contributed by atoms with Crippen molar-refractivity contribution in [2.45, 2.75) is 232 Å². The van der Waals surface area contributed by atoms with Gasteiger partial charge in [-0.1, -0.05) is 233 Å². The molecule has 0 amide bonds. The lowest BCUT2D eigenvalue weighted by Crippen LogP contribution is -2.30. The standard InChI is InChI=1S/C59H96O6/c1-4-7-10-13-16-19-22-25-27-29-31-34-37-40-43-46-49-52-58(61)64-55-56(54-63-57(60)51-48-45-42-39-36-33-24-21-18-15-12-9-6-3)65-59(62)53-50-47-44-41-38-35-32-30-28-26-23-20-17-14-11-8-5-2/h7,10,13,16,19,22,25-29,31,33-34,36-37,42,45,56H,4-6,8-9,11-12,14-15,17-18,20-21,23-24,30,32,35,38-41,43-44,46-55H2,1-3H3/b10-7-,16-13-,22-19-,27-25-,28-26-,31-29+,36-33-,37-34-,45-42-. The van der Waals surface area contributed by atoms with Gasteiger partial charge in [0.15, 0.2) is 6.10 Å². The molecule has 0 aliphatic rings. The van der Waals surface area contributed by atoms with Gasteiger partial charge in [0, 0.05) is 19.3 Å². The first-order valence-corrected chi connectivity index (χ1v) is 26.5. The monoisotopic (exact) mass is 901 g/mol. The van der Waals surface area contributed by atoms with Crippen LogP contribution in [0.1, 0.15) is 226 Å². The quantitative estimate of drug-likeness (QED) is 0.0199. The Kier molecular flexibility index (Phi) is 49.5. The van der Waals surface area contributed by atoms with Gasteiger partial charge >= 0.3 is 17.9 Å². The minimum absolute atomic E-state index is 0.122. The topological polar surface area (TPSA) is 78.9 Å². The smallest absolute Gasteiger partial charge is 0.306 e. The van der Waals surface area contributed by atoms with Crippen molar-refractivity contribution in [2.24, 2.45) is 0 Å². The largest absolute Gasteiger partial charge is 0.462 e. The number of carbonyl (C=O) groups is 3. The molecule has 0 N–H and O–H groups in total. The van der Waals surface area contributed by atoms with Crippen LogP contribution in [-0.4, -0.2) is 37.2 Å². The Bertz CT molecular complexity index is 1360. The van der Waals surface area contributed by atoms with E-state index >= 15 is 0 Å². The fraction of sp³-hybridized carbons (Fsp3) is 0.644. The Morgan fingerprint density at radius 1 is 0.338 bits per heavy atom. The molecule has 0 heterocycles. The number of rotatable bonds is 46. The summed E-state index contributed by atoms with van der Waals surface area (Å²) in [6.07, 6.45) is 70.8. The van der Waals surface area contributed by atoms with Crippen molar-refractivity contribution in [2.75, 3.05) is 13.2 Å². The molecule has 6 nitrogen and oxygen atoms in total. The zero-order valence-electron chi connectivity index (χ0n) is 42.0. The van der Waals surface area contributed by atoms with Crippen molar-refractivity contribution < 1.29 is 28.6 Å². The van der Waals surface area contributed by atoms with Crippen LogP contribution >= 0.6 is 0 Å². The molecule has 0 spiro atoms. The summed E-state index contributed by atoms with van der Waals surface area (Å²) in [5.41, 5.74) is 0. The van der Waals surface area contributed by atoms with Crippen LogP contribution in [0.3, 0.4) is 0 Å². The van der Waals surface area contributed by atoms with Crippen LogP contribution in [0, 0.1) is 0 Å². The molecule has 0 fully saturated rings. The van der Waals surface area contributed by atoms with E-state index in [1.807, 2.05) is 66.8 Å². The predicted octanol–water partition coefficient (Wildman–Crippen LogP) is 17.5. The highest BCUT2D eigenvalue weighted by molar-refractivity contribution is 5.71. The van der Waals surface area contributed by atoms with Gasteiger partial charge in [-0.25, -0.2) is 0 Å². The summed E-state index contributed by atoms with van der Waals surface area (Å²) in [5, 5.41) is 0. The van der Waals surface area contributed by atoms with Crippen LogP contribution in [0.5, 0.6) is 0 Å². The number of ether oxygens (including phenoxy) is 3. The third kappa shape index (κ3) is 50.9. The summed E-state index contributed by atoms with van der Waals surface area (Å²) in [7, 11) is 0. The number of unbranched alkanes of at least 4 members (excludes halogenated alkanes) is 22. The highest BCUT2D eigenvalue weighted by Gasteiger charge is 2.19. The molecule has 0 rings (SSSR count). The van der Waals surface area contributed by atoms with Crippen LogP contribution < -0.4 is 0 Å². The Morgan fingerprint density at radius 2 is 0.692 bits per heavy atom. The van der Waals surface area contributed by atoms with E-state index in [1.54, 1.807) is 0 Å². The highest BCUT2D eigenvalue weighted by atomic mass is 16.6. The summed E-state index contributed by atoms with van der Waals surface area (Å²) in [6.45, 7) is 6.38. The number of allylic oxidation sites excluding steroid dienone is 18. The second-order valence-corrected chi connectivity index (χ2v) is 17.2. The molecule has 0 aromatic carbocycles. The van der Waals surface area contributed by atoms with Crippen molar-refractivity contribution in [1.82, 2.24) is 0 Å². The Hall–Kier alpha value is -3.93. The summed E-state index contributed by atoms with van der Waals surface area (Å²) in [4.78, 5) is 38.0. The van der Waals surface area contributed by atoms with Crippen LogP contribution in [-0.2, 0) is 28.6 Å². The van der Waals surface area contributed by atoms with E-state index in [-0.39, 0.29) is 37.5 Å². The Labute approximate surface area is 400 Å². The summed E-state index contributed by atoms with van der Waals surface area (Å²) in [6, 6.07) is 0. The van der Waals surface area contributed by atoms with Gasteiger partial charge in [-0.2, -0.15) is 0 Å². The second-order valence-electron chi connectivity index (χ2n) is 17.2. The summed E-state index contributed by atoms with van der Waals surface area (Å²) in [5.74, 6) is -1.04. The average Bonchev–Trinajstić information content (AvgIpc) is 3.30. The van der Waals surface area contributed by atoms with Crippen LogP contribution in [0.2, 0.25) is 0 Å². The molecule has 0 aliphatic heterocycles. The lowest BCUT2D eigenvalue weighted by molar-refractivity contribution is -0.166. The maximum atomic E-state index is 12.8. The van der Waals surface area contributed by atoms with E-state index in [2.05, 4.69) is 63.3 Å². The molecule has 65 heavy (non-hydrogen) atoms. The molecule has 368 valence electrons. The minimum Gasteiger partial charge on any atom is -0.462 e. The molecule has 6 heteroatoms. The van der Waals surface area contributed by atoms with E-state index in [0.29, 0.717) is 19.3 Å². The molecule has 0 aliphatic carbocycles. The zero-order valence-corrected chi connectivity index (χ0v) is 42.0. The van der Waals surface area contributed by atoms with Gasteiger partial charge in [0.1, 0.15) is 13.2 Å². The predicted molar refractivity (Wildman–Crippen MR) is 279 cm³/mol. The second kappa shape index (κ2) is 52.7. The molecule has 0 radical (unpaired) electrons. The molecular weight excluding hydrogens is 805 g/mol. The van der Waals surface area contributed by atoms with Gasteiger partial charge in [-0.15, -0.1) is 0 Å². The number of hydrogen-bond donors (Lipinski definition) is 0. The number of esters is 3. The molecule has 1 atom stereocenters. The van der Waals surface area contributed by atoms with Crippen molar-refractivity contribution in [1.29, 1.82) is 0 Å².